The minimum absolute atomic E-state index is 0.192. The van der Waals surface area contributed by atoms with Crippen LogP contribution in [-0.4, -0.2) is 55.5 Å². The van der Waals surface area contributed by atoms with Gasteiger partial charge in [0, 0.05) is 25.7 Å². The van der Waals surface area contributed by atoms with E-state index in [-0.39, 0.29) is 6.09 Å². The van der Waals surface area contributed by atoms with Crippen LogP contribution >= 0.6 is 0 Å². The van der Waals surface area contributed by atoms with Gasteiger partial charge in [-0.25, -0.2) is 4.79 Å². The lowest BCUT2D eigenvalue weighted by molar-refractivity contribution is 0.0146. The van der Waals surface area contributed by atoms with E-state index in [0.717, 1.165) is 45.5 Å². The molecule has 0 saturated carbocycles. The molecule has 1 heterocycles. The maximum absolute atomic E-state index is 12.2. The second-order valence-electron chi connectivity index (χ2n) is 7.26. The first-order valence-corrected chi connectivity index (χ1v) is 8.73. The Morgan fingerprint density at radius 2 is 2.17 bits per heavy atom. The highest BCUT2D eigenvalue weighted by Gasteiger charge is 2.29. The van der Waals surface area contributed by atoms with Crippen LogP contribution in [0.1, 0.15) is 47.0 Å². The molecule has 1 aliphatic heterocycles. The van der Waals surface area contributed by atoms with Crippen LogP contribution in [0.2, 0.25) is 0 Å². The van der Waals surface area contributed by atoms with Crippen molar-refractivity contribution in [2.75, 3.05) is 32.8 Å². The Labute approximate surface area is 141 Å². The largest absolute Gasteiger partial charge is 0.444 e. The second-order valence-corrected chi connectivity index (χ2v) is 7.26. The standard InChI is InChI=1S/C18H34N2O3/c1-6-7-12-22-13-10-19-15(2)16-9-8-11-20(14-16)17(21)23-18(3,4)5/h6,15-16,19H,1,7-14H2,2-5H3. The van der Waals surface area contributed by atoms with Crippen LogP contribution < -0.4 is 5.32 Å². The van der Waals surface area contributed by atoms with Gasteiger partial charge in [0.05, 0.1) is 13.2 Å². The van der Waals surface area contributed by atoms with Gasteiger partial charge in [-0.05, 0) is 52.9 Å². The van der Waals surface area contributed by atoms with E-state index in [2.05, 4.69) is 18.8 Å². The maximum Gasteiger partial charge on any atom is 0.410 e. The van der Waals surface area contributed by atoms with Gasteiger partial charge in [0.1, 0.15) is 5.60 Å². The molecule has 5 heteroatoms. The van der Waals surface area contributed by atoms with Crippen molar-refractivity contribution in [2.45, 2.75) is 58.6 Å². The van der Waals surface area contributed by atoms with Crippen LogP contribution in [0.3, 0.4) is 0 Å². The summed E-state index contributed by atoms with van der Waals surface area (Å²) < 4.78 is 11.0. The van der Waals surface area contributed by atoms with E-state index in [4.69, 9.17) is 9.47 Å². The molecule has 0 aromatic carbocycles. The Morgan fingerprint density at radius 1 is 1.43 bits per heavy atom. The molecule has 0 aromatic rings. The van der Waals surface area contributed by atoms with Crippen molar-refractivity contribution >= 4 is 6.09 Å². The smallest absolute Gasteiger partial charge is 0.410 e. The Bertz CT molecular complexity index is 366. The van der Waals surface area contributed by atoms with Crippen LogP contribution in [0.4, 0.5) is 4.79 Å². The van der Waals surface area contributed by atoms with Crippen molar-refractivity contribution in [1.29, 1.82) is 0 Å². The van der Waals surface area contributed by atoms with Gasteiger partial charge in [0.2, 0.25) is 0 Å². The van der Waals surface area contributed by atoms with Gasteiger partial charge in [-0.2, -0.15) is 0 Å². The molecule has 1 fully saturated rings. The molecule has 23 heavy (non-hydrogen) atoms. The number of likely N-dealkylation sites (tertiary alicyclic amines) is 1. The summed E-state index contributed by atoms with van der Waals surface area (Å²) in [5.74, 6) is 0.462. The fourth-order valence-corrected chi connectivity index (χ4v) is 2.70. The highest BCUT2D eigenvalue weighted by molar-refractivity contribution is 5.68. The van der Waals surface area contributed by atoms with Crippen molar-refractivity contribution in [3.05, 3.63) is 12.7 Å². The molecule has 2 unspecified atom stereocenters. The molecule has 0 radical (unpaired) electrons. The molecule has 0 aromatic heterocycles. The molecular weight excluding hydrogens is 292 g/mol. The summed E-state index contributed by atoms with van der Waals surface area (Å²) in [6, 6.07) is 0.364. The van der Waals surface area contributed by atoms with Crippen LogP contribution in [0, 0.1) is 5.92 Å². The normalized spacial score (nSPS) is 20.2. The van der Waals surface area contributed by atoms with Gasteiger partial charge in [-0.3, -0.25) is 0 Å². The third-order valence-electron chi connectivity index (χ3n) is 4.00. The molecule has 0 aliphatic carbocycles. The van der Waals surface area contributed by atoms with E-state index in [1.165, 1.54) is 0 Å². The number of piperidine rings is 1. The summed E-state index contributed by atoms with van der Waals surface area (Å²) in [6.07, 6.45) is 4.74. The van der Waals surface area contributed by atoms with Crippen LogP contribution in [-0.2, 0) is 9.47 Å². The average Bonchev–Trinajstić information content (AvgIpc) is 2.49. The Morgan fingerprint density at radius 3 is 2.83 bits per heavy atom. The monoisotopic (exact) mass is 326 g/mol. The number of nitrogens with one attached hydrogen (secondary N) is 1. The molecule has 1 rings (SSSR count). The van der Waals surface area contributed by atoms with Gasteiger partial charge in [0.15, 0.2) is 0 Å². The quantitative estimate of drug-likeness (QED) is 0.550. The molecule has 5 nitrogen and oxygen atoms in total. The van der Waals surface area contributed by atoms with Crippen LogP contribution in [0.15, 0.2) is 12.7 Å². The molecule has 1 amide bonds. The predicted octanol–water partition coefficient (Wildman–Crippen LogP) is 3.20. The lowest BCUT2D eigenvalue weighted by Gasteiger charge is -2.36. The summed E-state index contributed by atoms with van der Waals surface area (Å²) in [5.41, 5.74) is -0.434. The number of carbonyl (C=O) groups excluding carboxylic acids is 1. The van der Waals surface area contributed by atoms with Crippen molar-refractivity contribution in [2.24, 2.45) is 5.92 Å². The van der Waals surface area contributed by atoms with E-state index < -0.39 is 5.60 Å². The molecule has 0 spiro atoms. The SMILES string of the molecule is C=CCCOCCNC(C)C1CCCN(C(=O)OC(C)(C)C)C1. The fourth-order valence-electron chi connectivity index (χ4n) is 2.70. The first-order chi connectivity index (χ1) is 10.8. The van der Waals surface area contributed by atoms with Gasteiger partial charge in [-0.15, -0.1) is 6.58 Å². The zero-order valence-electron chi connectivity index (χ0n) is 15.3. The molecule has 2 atom stereocenters. The van der Waals surface area contributed by atoms with Gasteiger partial charge < -0.3 is 19.7 Å². The number of nitrogens with zero attached hydrogens (tertiary/aromatic N) is 1. The van der Waals surface area contributed by atoms with Crippen molar-refractivity contribution < 1.29 is 14.3 Å². The Balaban J connectivity index is 2.30. The molecule has 0 bridgehead atoms. The van der Waals surface area contributed by atoms with Crippen molar-refractivity contribution in [1.82, 2.24) is 10.2 Å². The summed E-state index contributed by atoms with van der Waals surface area (Å²) in [6.45, 7) is 15.4. The fraction of sp³-hybridized carbons (Fsp3) is 0.833. The lowest BCUT2D eigenvalue weighted by atomic mass is 9.92. The zero-order valence-corrected chi connectivity index (χ0v) is 15.3. The maximum atomic E-state index is 12.2. The second kappa shape index (κ2) is 9.93. The Hall–Kier alpha value is -1.07. The number of amides is 1. The number of rotatable bonds is 8. The predicted molar refractivity (Wildman–Crippen MR) is 93.6 cm³/mol. The molecule has 1 saturated heterocycles. The van der Waals surface area contributed by atoms with E-state index in [0.29, 0.717) is 18.6 Å². The molecule has 134 valence electrons. The number of carbonyl (C=O) groups is 1. The minimum atomic E-state index is -0.434. The first-order valence-electron chi connectivity index (χ1n) is 8.73. The topological polar surface area (TPSA) is 50.8 Å². The van der Waals surface area contributed by atoms with Crippen molar-refractivity contribution in [3.63, 3.8) is 0 Å². The van der Waals surface area contributed by atoms with Crippen LogP contribution in [0.25, 0.3) is 0 Å². The molecular formula is C18H34N2O3. The van der Waals surface area contributed by atoms with E-state index >= 15 is 0 Å². The van der Waals surface area contributed by atoms with E-state index in [9.17, 15) is 4.79 Å². The minimum Gasteiger partial charge on any atom is -0.444 e. The number of ether oxygens (including phenoxy) is 2. The van der Waals surface area contributed by atoms with Gasteiger partial charge in [-0.1, -0.05) is 6.08 Å². The summed E-state index contributed by atoms with van der Waals surface area (Å²) in [7, 11) is 0. The highest BCUT2D eigenvalue weighted by atomic mass is 16.6. The summed E-state index contributed by atoms with van der Waals surface area (Å²) in [5, 5.41) is 3.51. The third-order valence-corrected chi connectivity index (χ3v) is 4.00. The van der Waals surface area contributed by atoms with Crippen molar-refractivity contribution in [3.8, 4) is 0 Å². The van der Waals surface area contributed by atoms with Crippen LogP contribution in [0.5, 0.6) is 0 Å². The van der Waals surface area contributed by atoms with E-state index in [1.807, 2.05) is 31.7 Å². The number of hydrogen-bond acceptors (Lipinski definition) is 4. The summed E-state index contributed by atoms with van der Waals surface area (Å²) in [4.78, 5) is 14.0. The summed E-state index contributed by atoms with van der Waals surface area (Å²) >= 11 is 0. The molecule has 1 N–H and O–H groups in total. The number of hydrogen-bond donors (Lipinski definition) is 1. The lowest BCUT2D eigenvalue weighted by Crippen LogP contribution is -2.48. The highest BCUT2D eigenvalue weighted by Crippen LogP contribution is 2.21. The van der Waals surface area contributed by atoms with Gasteiger partial charge in [0.25, 0.3) is 0 Å². The Kier molecular flexibility index (Phi) is 8.63. The third kappa shape index (κ3) is 8.37. The van der Waals surface area contributed by atoms with Gasteiger partial charge >= 0.3 is 6.09 Å². The first kappa shape index (κ1) is 20.0. The zero-order chi connectivity index (χ0) is 17.3. The average molecular weight is 326 g/mol. The van der Waals surface area contributed by atoms with E-state index in [1.54, 1.807) is 0 Å². The molecule has 1 aliphatic rings.